The molecule has 0 bridgehead atoms. The summed E-state index contributed by atoms with van der Waals surface area (Å²) >= 11 is 0. The zero-order valence-electron chi connectivity index (χ0n) is 11.8. The Morgan fingerprint density at radius 2 is 1.70 bits per heavy atom. The summed E-state index contributed by atoms with van der Waals surface area (Å²) in [6.07, 6.45) is 1.03. The third-order valence-corrected chi connectivity index (χ3v) is 3.29. The molecular weight excluding hydrogens is 250 g/mol. The maximum atomic E-state index is 11.3. The minimum Gasteiger partial charge on any atom is -0.465 e. The van der Waals surface area contributed by atoms with Crippen molar-refractivity contribution in [2.45, 2.75) is 19.9 Å². The lowest BCUT2D eigenvalue weighted by molar-refractivity contribution is 0.0601. The lowest BCUT2D eigenvalue weighted by atomic mass is 10.1. The van der Waals surface area contributed by atoms with Crippen LogP contribution in [0.15, 0.2) is 48.5 Å². The summed E-state index contributed by atoms with van der Waals surface area (Å²) in [6.45, 7) is 2.94. The van der Waals surface area contributed by atoms with E-state index in [1.54, 1.807) is 12.1 Å². The molecule has 0 heterocycles. The van der Waals surface area contributed by atoms with Crippen LogP contribution < -0.4 is 5.32 Å². The van der Waals surface area contributed by atoms with E-state index in [4.69, 9.17) is 0 Å². The molecule has 0 radical (unpaired) electrons. The summed E-state index contributed by atoms with van der Waals surface area (Å²) in [7, 11) is 1.39. The maximum Gasteiger partial charge on any atom is 0.337 e. The number of ether oxygens (including phenoxy) is 1. The number of aryl methyl sites for hydroxylation is 1. The number of carbonyl (C=O) groups is 1. The lowest BCUT2D eigenvalue weighted by Gasteiger charge is -2.10. The summed E-state index contributed by atoms with van der Waals surface area (Å²) in [5.41, 5.74) is 4.20. The van der Waals surface area contributed by atoms with Gasteiger partial charge in [0.05, 0.1) is 12.7 Å². The topological polar surface area (TPSA) is 38.3 Å². The Morgan fingerprint density at radius 1 is 1.05 bits per heavy atom. The maximum absolute atomic E-state index is 11.3. The summed E-state index contributed by atoms with van der Waals surface area (Å²) < 4.78 is 4.68. The van der Waals surface area contributed by atoms with Gasteiger partial charge in [-0.25, -0.2) is 4.79 Å². The third kappa shape index (κ3) is 3.38. The van der Waals surface area contributed by atoms with Crippen LogP contribution in [0.5, 0.6) is 0 Å². The molecule has 2 aromatic carbocycles. The van der Waals surface area contributed by atoms with Gasteiger partial charge in [0, 0.05) is 12.2 Å². The molecule has 2 rings (SSSR count). The van der Waals surface area contributed by atoms with Gasteiger partial charge in [0.1, 0.15) is 0 Å². The van der Waals surface area contributed by atoms with Crippen molar-refractivity contribution in [2.75, 3.05) is 12.4 Å². The van der Waals surface area contributed by atoms with Crippen LogP contribution in [0.25, 0.3) is 0 Å². The Morgan fingerprint density at radius 3 is 2.30 bits per heavy atom. The van der Waals surface area contributed by atoms with Crippen LogP contribution in [0.1, 0.15) is 28.4 Å². The fraction of sp³-hybridized carbons (Fsp3) is 0.235. The lowest BCUT2D eigenvalue weighted by Crippen LogP contribution is -2.04. The smallest absolute Gasteiger partial charge is 0.337 e. The molecule has 20 heavy (non-hydrogen) atoms. The minimum atomic E-state index is -0.312. The molecule has 3 nitrogen and oxygen atoms in total. The van der Waals surface area contributed by atoms with Crippen LogP contribution in [0.3, 0.4) is 0 Å². The Kier molecular flexibility index (Phi) is 4.77. The van der Waals surface area contributed by atoms with Gasteiger partial charge in [0.2, 0.25) is 0 Å². The largest absolute Gasteiger partial charge is 0.465 e. The quantitative estimate of drug-likeness (QED) is 0.842. The third-order valence-electron chi connectivity index (χ3n) is 3.29. The van der Waals surface area contributed by atoms with Gasteiger partial charge >= 0.3 is 5.97 Å². The molecule has 104 valence electrons. The van der Waals surface area contributed by atoms with E-state index in [0.29, 0.717) is 5.56 Å². The molecule has 0 aromatic heterocycles. The summed E-state index contributed by atoms with van der Waals surface area (Å²) in [6, 6.07) is 15.7. The molecule has 0 aliphatic carbocycles. The van der Waals surface area contributed by atoms with Crippen molar-refractivity contribution >= 4 is 11.7 Å². The Bertz CT molecular complexity index is 576. The normalized spacial score (nSPS) is 10.1. The van der Waals surface area contributed by atoms with Crippen LogP contribution in [0, 0.1) is 0 Å². The van der Waals surface area contributed by atoms with Gasteiger partial charge in [0.15, 0.2) is 0 Å². The second-order valence-corrected chi connectivity index (χ2v) is 4.54. The van der Waals surface area contributed by atoms with E-state index in [1.165, 1.54) is 18.2 Å². The number of hydrogen-bond acceptors (Lipinski definition) is 3. The molecule has 0 amide bonds. The van der Waals surface area contributed by atoms with E-state index in [1.807, 2.05) is 12.1 Å². The molecule has 0 saturated carbocycles. The van der Waals surface area contributed by atoms with Gasteiger partial charge in [-0.15, -0.1) is 0 Å². The average Bonchev–Trinajstić information content (AvgIpc) is 2.53. The van der Waals surface area contributed by atoms with Crippen molar-refractivity contribution < 1.29 is 9.53 Å². The van der Waals surface area contributed by atoms with Crippen LogP contribution in [-0.2, 0) is 17.7 Å². The van der Waals surface area contributed by atoms with Gasteiger partial charge < -0.3 is 10.1 Å². The van der Waals surface area contributed by atoms with Crippen LogP contribution in [0.4, 0.5) is 5.69 Å². The van der Waals surface area contributed by atoms with E-state index in [9.17, 15) is 4.79 Å². The highest BCUT2D eigenvalue weighted by atomic mass is 16.5. The van der Waals surface area contributed by atoms with Crippen LogP contribution >= 0.6 is 0 Å². The highest BCUT2D eigenvalue weighted by molar-refractivity contribution is 5.89. The Labute approximate surface area is 119 Å². The minimum absolute atomic E-state index is 0.312. The molecule has 0 aliphatic rings. The monoisotopic (exact) mass is 269 g/mol. The zero-order chi connectivity index (χ0) is 14.4. The van der Waals surface area contributed by atoms with Gasteiger partial charge in [-0.05, 0) is 41.8 Å². The Balaban J connectivity index is 2.02. The number of esters is 1. The van der Waals surface area contributed by atoms with E-state index >= 15 is 0 Å². The molecule has 1 N–H and O–H groups in total. The van der Waals surface area contributed by atoms with Crippen molar-refractivity contribution in [1.82, 2.24) is 0 Å². The molecule has 2 aromatic rings. The van der Waals surface area contributed by atoms with Crippen molar-refractivity contribution in [3.05, 3.63) is 65.2 Å². The number of anilines is 1. The number of nitrogens with one attached hydrogen (secondary N) is 1. The molecular formula is C17H19NO2. The fourth-order valence-electron chi connectivity index (χ4n) is 2.11. The van der Waals surface area contributed by atoms with Crippen LogP contribution in [-0.4, -0.2) is 13.1 Å². The van der Waals surface area contributed by atoms with Crippen molar-refractivity contribution in [3.8, 4) is 0 Å². The highest BCUT2D eigenvalue weighted by Crippen LogP contribution is 2.14. The molecule has 3 heteroatoms. The average molecular weight is 269 g/mol. The van der Waals surface area contributed by atoms with Gasteiger partial charge in [-0.3, -0.25) is 0 Å². The van der Waals surface area contributed by atoms with Gasteiger partial charge in [-0.2, -0.15) is 0 Å². The summed E-state index contributed by atoms with van der Waals surface area (Å²) in [5, 5.41) is 3.37. The molecule has 0 atom stereocenters. The molecule has 0 fully saturated rings. The standard InChI is InChI=1S/C17H19NO2/c1-3-13-6-4-5-7-15(13)12-18-16-10-8-14(9-11-16)17(19)20-2/h4-11,18H,3,12H2,1-2H3. The first-order valence-electron chi connectivity index (χ1n) is 6.73. The van der Waals surface area contributed by atoms with E-state index in [-0.39, 0.29) is 5.97 Å². The SMILES string of the molecule is CCc1ccccc1CNc1ccc(C(=O)OC)cc1. The number of methoxy groups -OCH3 is 1. The summed E-state index contributed by atoms with van der Waals surface area (Å²) in [5.74, 6) is -0.312. The van der Waals surface area contributed by atoms with Crippen molar-refractivity contribution in [1.29, 1.82) is 0 Å². The number of rotatable bonds is 5. The van der Waals surface area contributed by atoms with E-state index < -0.39 is 0 Å². The van der Waals surface area contributed by atoms with Crippen molar-refractivity contribution in [3.63, 3.8) is 0 Å². The van der Waals surface area contributed by atoms with Gasteiger partial charge in [0.25, 0.3) is 0 Å². The van der Waals surface area contributed by atoms with Gasteiger partial charge in [-0.1, -0.05) is 31.2 Å². The Hall–Kier alpha value is -2.29. The van der Waals surface area contributed by atoms with Crippen LogP contribution in [0.2, 0.25) is 0 Å². The first kappa shape index (κ1) is 14.1. The fourth-order valence-corrected chi connectivity index (χ4v) is 2.11. The van der Waals surface area contributed by atoms with Crippen molar-refractivity contribution in [2.24, 2.45) is 0 Å². The first-order valence-corrected chi connectivity index (χ1v) is 6.73. The second-order valence-electron chi connectivity index (χ2n) is 4.54. The number of benzene rings is 2. The molecule has 0 aliphatic heterocycles. The summed E-state index contributed by atoms with van der Waals surface area (Å²) in [4.78, 5) is 11.3. The number of hydrogen-bond donors (Lipinski definition) is 1. The number of carbonyl (C=O) groups excluding carboxylic acids is 1. The predicted octanol–water partition coefficient (Wildman–Crippen LogP) is 3.65. The van der Waals surface area contributed by atoms with E-state index in [0.717, 1.165) is 18.7 Å². The first-order chi connectivity index (χ1) is 9.74. The zero-order valence-corrected chi connectivity index (χ0v) is 11.8. The predicted molar refractivity (Wildman–Crippen MR) is 80.9 cm³/mol. The molecule has 0 saturated heterocycles. The molecule has 0 spiro atoms. The molecule has 0 unspecified atom stereocenters. The van der Waals surface area contributed by atoms with E-state index in [2.05, 4.69) is 41.2 Å². The highest BCUT2D eigenvalue weighted by Gasteiger charge is 2.04. The second kappa shape index (κ2) is 6.75.